The first-order chi connectivity index (χ1) is 12.2. The summed E-state index contributed by atoms with van der Waals surface area (Å²) in [6.07, 6.45) is 1.68. The normalized spacial score (nSPS) is 15.2. The lowest BCUT2D eigenvalue weighted by Crippen LogP contribution is -2.22. The van der Waals surface area contributed by atoms with E-state index in [4.69, 9.17) is 49.7 Å². The minimum Gasteiger partial charge on any atom is -0.481 e. The number of benzene rings is 1. The molecule has 1 N–H and O–H groups in total. The Kier molecular flexibility index (Phi) is 6.88. The van der Waals surface area contributed by atoms with E-state index in [1.807, 2.05) is 12.1 Å². The van der Waals surface area contributed by atoms with Crippen molar-refractivity contribution in [3.05, 3.63) is 51.0 Å². The van der Waals surface area contributed by atoms with E-state index in [9.17, 15) is 4.79 Å². The highest BCUT2D eigenvalue weighted by Crippen LogP contribution is 2.33. The minimum atomic E-state index is -0.833. The first-order valence-corrected chi connectivity index (χ1v) is 9.13. The number of nitrogens with zero attached hydrogens (tertiary/aromatic N) is 1. The molecular formula is C17H13Cl2NO4S2. The molecule has 0 aliphatic carbocycles. The number of hydrogen-bond acceptors (Lipinski definition) is 5. The first kappa shape index (κ1) is 20.5. The van der Waals surface area contributed by atoms with Gasteiger partial charge < -0.3 is 9.52 Å². The molecule has 1 aliphatic heterocycles. The lowest BCUT2D eigenvalue weighted by molar-refractivity contribution is -0.134. The molecule has 0 spiro atoms. The van der Waals surface area contributed by atoms with E-state index >= 15 is 0 Å². The van der Waals surface area contributed by atoms with Gasteiger partial charge >= 0.3 is 0 Å². The predicted octanol–water partition coefficient (Wildman–Crippen LogP) is 5.18. The quantitative estimate of drug-likeness (QED) is 0.523. The molecule has 0 bridgehead atoms. The van der Waals surface area contributed by atoms with Gasteiger partial charge in [0.15, 0.2) is 0 Å². The number of halogens is 2. The summed E-state index contributed by atoms with van der Waals surface area (Å²) < 4.78 is 6.27. The van der Waals surface area contributed by atoms with Gasteiger partial charge in [-0.15, -0.1) is 0 Å². The molecule has 9 heteroatoms. The third kappa shape index (κ3) is 5.11. The Morgan fingerprint density at radius 3 is 2.46 bits per heavy atom. The molecule has 136 valence electrons. The summed E-state index contributed by atoms with van der Waals surface area (Å²) in [6, 6.07) is 8.88. The van der Waals surface area contributed by atoms with Gasteiger partial charge in [0.05, 0.1) is 15.0 Å². The Hall–Kier alpha value is -1.80. The van der Waals surface area contributed by atoms with Gasteiger partial charge in [0, 0.05) is 25.6 Å². The van der Waals surface area contributed by atoms with Gasteiger partial charge in [-0.05, 0) is 30.3 Å². The first-order valence-electron chi connectivity index (χ1n) is 7.15. The van der Waals surface area contributed by atoms with Gasteiger partial charge in [0.2, 0.25) is 0 Å². The minimum absolute atomic E-state index is 0.123. The number of furan rings is 1. The number of thiocarbonyl (C=S) groups is 1. The van der Waals surface area contributed by atoms with Crippen LogP contribution in [-0.4, -0.2) is 33.3 Å². The van der Waals surface area contributed by atoms with Crippen molar-refractivity contribution in [2.24, 2.45) is 0 Å². The van der Waals surface area contributed by atoms with E-state index in [2.05, 4.69) is 0 Å². The summed E-state index contributed by atoms with van der Waals surface area (Å²) in [5.41, 5.74) is 0.817. The third-order valence-electron chi connectivity index (χ3n) is 3.09. The molecule has 1 fully saturated rings. The van der Waals surface area contributed by atoms with Gasteiger partial charge in [-0.25, -0.2) is 0 Å². The second-order valence-corrected chi connectivity index (χ2v) is 7.58. The van der Waals surface area contributed by atoms with Crippen molar-refractivity contribution in [3.8, 4) is 11.3 Å². The number of rotatable bonds is 2. The largest absolute Gasteiger partial charge is 0.481 e. The Balaban J connectivity index is 0.000000552. The van der Waals surface area contributed by atoms with E-state index in [-0.39, 0.29) is 5.91 Å². The number of carbonyl (C=O) groups is 2. The average Bonchev–Trinajstić information content (AvgIpc) is 3.11. The van der Waals surface area contributed by atoms with Crippen molar-refractivity contribution in [1.82, 2.24) is 4.90 Å². The van der Waals surface area contributed by atoms with Crippen LogP contribution in [0.3, 0.4) is 0 Å². The number of aliphatic carboxylic acids is 1. The molecule has 2 heterocycles. The second-order valence-electron chi connectivity index (χ2n) is 5.09. The number of carboxylic acid groups (broad SMARTS) is 1. The molecule has 0 atom stereocenters. The monoisotopic (exact) mass is 429 g/mol. The summed E-state index contributed by atoms with van der Waals surface area (Å²) in [5.74, 6) is 0.273. The van der Waals surface area contributed by atoms with Crippen molar-refractivity contribution in [2.75, 3.05) is 7.05 Å². The Morgan fingerprint density at radius 2 is 1.92 bits per heavy atom. The third-order valence-corrected chi connectivity index (χ3v) is 5.31. The zero-order chi connectivity index (χ0) is 19.4. The van der Waals surface area contributed by atoms with Gasteiger partial charge in [-0.2, -0.15) is 0 Å². The highest BCUT2D eigenvalue weighted by Gasteiger charge is 2.29. The molecule has 1 saturated heterocycles. The molecule has 1 aromatic heterocycles. The van der Waals surface area contributed by atoms with E-state index < -0.39 is 5.97 Å². The highest BCUT2D eigenvalue weighted by molar-refractivity contribution is 8.26. The maximum Gasteiger partial charge on any atom is 0.300 e. The molecule has 2 aromatic rings. The summed E-state index contributed by atoms with van der Waals surface area (Å²) in [6.45, 7) is 1.08. The van der Waals surface area contributed by atoms with Crippen LogP contribution in [0.4, 0.5) is 0 Å². The molecule has 26 heavy (non-hydrogen) atoms. The number of likely N-dealkylation sites (N-methyl/N-ethyl adjacent to an activating group) is 1. The van der Waals surface area contributed by atoms with E-state index in [1.165, 1.54) is 16.7 Å². The smallest absolute Gasteiger partial charge is 0.300 e. The zero-order valence-corrected chi connectivity index (χ0v) is 16.8. The van der Waals surface area contributed by atoms with Crippen LogP contribution >= 0.6 is 47.2 Å². The fourth-order valence-corrected chi connectivity index (χ4v) is 3.37. The topological polar surface area (TPSA) is 70.8 Å². The molecule has 1 aliphatic rings. The van der Waals surface area contributed by atoms with Crippen LogP contribution < -0.4 is 0 Å². The molecule has 0 radical (unpaired) electrons. The lowest BCUT2D eigenvalue weighted by Gasteiger charge is -2.03. The SMILES string of the molecule is CC(=O)O.CN1C(=O)C(=Cc2ccc(-c3ccc(Cl)c(Cl)c3)o2)SC1=S. The van der Waals surface area contributed by atoms with Crippen LogP contribution in [0, 0.1) is 0 Å². The lowest BCUT2D eigenvalue weighted by atomic mass is 10.2. The summed E-state index contributed by atoms with van der Waals surface area (Å²) >= 11 is 18.3. The second kappa shape index (κ2) is 8.73. The highest BCUT2D eigenvalue weighted by atomic mass is 35.5. The van der Waals surface area contributed by atoms with E-state index in [0.717, 1.165) is 12.5 Å². The number of carbonyl (C=O) groups excluding carboxylic acids is 1. The van der Waals surface area contributed by atoms with Crippen LogP contribution in [0.1, 0.15) is 12.7 Å². The number of carboxylic acids is 1. The zero-order valence-electron chi connectivity index (χ0n) is 13.7. The molecule has 5 nitrogen and oxygen atoms in total. The summed E-state index contributed by atoms with van der Waals surface area (Å²) in [5, 5.41) is 8.37. The van der Waals surface area contributed by atoms with Crippen molar-refractivity contribution in [2.45, 2.75) is 6.92 Å². The molecular weight excluding hydrogens is 417 g/mol. The van der Waals surface area contributed by atoms with Crippen LogP contribution in [0.5, 0.6) is 0 Å². The van der Waals surface area contributed by atoms with Crippen LogP contribution in [0.2, 0.25) is 10.0 Å². The molecule has 1 amide bonds. The van der Waals surface area contributed by atoms with Gasteiger partial charge in [0.25, 0.3) is 11.9 Å². The predicted molar refractivity (Wildman–Crippen MR) is 108 cm³/mol. The Morgan fingerprint density at radius 1 is 1.27 bits per heavy atom. The van der Waals surface area contributed by atoms with Crippen LogP contribution in [-0.2, 0) is 9.59 Å². The Labute approximate surface area is 169 Å². The van der Waals surface area contributed by atoms with Crippen molar-refractivity contribution < 1.29 is 19.1 Å². The molecule has 0 unspecified atom stereocenters. The molecule has 0 saturated carbocycles. The summed E-state index contributed by atoms with van der Waals surface area (Å²) in [4.78, 5) is 22.9. The van der Waals surface area contributed by atoms with Gasteiger partial charge in [-0.1, -0.05) is 47.2 Å². The number of thioether (sulfide) groups is 1. The maximum atomic E-state index is 12.0. The van der Waals surface area contributed by atoms with Gasteiger partial charge in [0.1, 0.15) is 15.8 Å². The maximum absolute atomic E-state index is 12.0. The number of hydrogen-bond donors (Lipinski definition) is 1. The van der Waals surface area contributed by atoms with Gasteiger partial charge in [-0.3, -0.25) is 14.5 Å². The standard InChI is InChI=1S/C15H9Cl2NO2S2.C2H4O2/c1-18-14(19)13(22-15(18)21)7-9-3-5-12(20-9)8-2-4-10(16)11(17)6-8;1-2(3)4/h2-7H,1H3;1H3,(H,3,4). The van der Waals surface area contributed by atoms with E-state index in [0.29, 0.717) is 30.8 Å². The van der Waals surface area contributed by atoms with Crippen molar-refractivity contribution >= 4 is 69.5 Å². The fourth-order valence-electron chi connectivity index (χ4n) is 1.91. The van der Waals surface area contributed by atoms with Crippen LogP contribution in [0.25, 0.3) is 17.4 Å². The van der Waals surface area contributed by atoms with Crippen molar-refractivity contribution in [3.63, 3.8) is 0 Å². The fraction of sp³-hybridized carbons (Fsp3) is 0.118. The Bertz CT molecular complexity index is 904. The average molecular weight is 430 g/mol. The molecule has 3 rings (SSSR count). The molecule has 1 aromatic carbocycles. The summed E-state index contributed by atoms with van der Waals surface area (Å²) in [7, 11) is 1.65. The van der Waals surface area contributed by atoms with Crippen LogP contribution in [0.15, 0.2) is 39.7 Å². The number of amides is 1. The van der Waals surface area contributed by atoms with E-state index in [1.54, 1.807) is 31.3 Å². The van der Waals surface area contributed by atoms with Crippen molar-refractivity contribution in [1.29, 1.82) is 0 Å².